The Balaban J connectivity index is 2.45. The number of rotatable bonds is 3. The summed E-state index contributed by atoms with van der Waals surface area (Å²) in [5, 5.41) is 11.5. The summed E-state index contributed by atoms with van der Waals surface area (Å²) >= 11 is 2.22. The Bertz CT molecular complexity index is 684. The SMILES string of the molecule is Cc1nsc(Sc2ccc(C(F)(F)F)cc2/C(N)=N/O)n1. The van der Waals surface area contributed by atoms with Crippen molar-refractivity contribution in [1.82, 2.24) is 9.36 Å². The number of hydrogen-bond acceptors (Lipinski definition) is 6. The maximum absolute atomic E-state index is 12.7. The minimum absolute atomic E-state index is 0.00909. The molecule has 5 nitrogen and oxygen atoms in total. The van der Waals surface area contributed by atoms with E-state index in [2.05, 4.69) is 14.5 Å². The molecule has 0 saturated carbocycles. The smallest absolute Gasteiger partial charge is 0.409 e. The van der Waals surface area contributed by atoms with E-state index in [1.54, 1.807) is 6.92 Å². The number of benzene rings is 1. The summed E-state index contributed by atoms with van der Waals surface area (Å²) in [5.74, 6) is 0.171. The van der Waals surface area contributed by atoms with Crippen molar-refractivity contribution in [2.24, 2.45) is 10.9 Å². The maximum atomic E-state index is 12.7. The van der Waals surface area contributed by atoms with E-state index in [1.165, 1.54) is 6.07 Å². The number of oxime groups is 1. The Morgan fingerprint density at radius 3 is 2.67 bits per heavy atom. The molecule has 3 N–H and O–H groups in total. The summed E-state index contributed by atoms with van der Waals surface area (Å²) in [6.45, 7) is 1.71. The minimum Gasteiger partial charge on any atom is -0.409 e. The zero-order valence-electron chi connectivity index (χ0n) is 10.5. The van der Waals surface area contributed by atoms with E-state index in [4.69, 9.17) is 10.9 Å². The first-order valence-electron chi connectivity index (χ1n) is 5.48. The lowest BCUT2D eigenvalue weighted by Crippen LogP contribution is -2.16. The molecule has 10 heteroatoms. The van der Waals surface area contributed by atoms with Crippen LogP contribution in [0.2, 0.25) is 0 Å². The molecule has 1 aromatic heterocycles. The topological polar surface area (TPSA) is 84.4 Å². The van der Waals surface area contributed by atoms with Gasteiger partial charge >= 0.3 is 6.18 Å². The second-order valence-electron chi connectivity index (χ2n) is 3.90. The number of hydrogen-bond donors (Lipinski definition) is 2. The fourth-order valence-electron chi connectivity index (χ4n) is 1.46. The van der Waals surface area contributed by atoms with Crippen LogP contribution in [0.5, 0.6) is 0 Å². The van der Waals surface area contributed by atoms with E-state index in [1.807, 2.05) is 0 Å². The average Bonchev–Trinajstić information content (AvgIpc) is 2.82. The highest BCUT2D eigenvalue weighted by Gasteiger charge is 2.31. The summed E-state index contributed by atoms with van der Waals surface area (Å²) in [6, 6.07) is 3.03. The van der Waals surface area contributed by atoms with Crippen molar-refractivity contribution in [3.63, 3.8) is 0 Å². The molecule has 0 aliphatic rings. The number of alkyl halides is 3. The van der Waals surface area contributed by atoms with Crippen molar-refractivity contribution in [2.75, 3.05) is 0 Å². The van der Waals surface area contributed by atoms with Gasteiger partial charge in [0, 0.05) is 10.5 Å². The van der Waals surface area contributed by atoms with Gasteiger partial charge in [0.05, 0.1) is 5.56 Å². The molecule has 0 radical (unpaired) electrons. The quantitative estimate of drug-likeness (QED) is 0.390. The standard InChI is InChI=1S/C11H9F3N4OS2/c1-5-16-10(21-18-5)20-8-3-2-6(11(12,13)14)4-7(8)9(15)17-19/h2-4,19H,1H3,(H2,15,17). The van der Waals surface area contributed by atoms with Crippen molar-refractivity contribution >= 4 is 29.1 Å². The van der Waals surface area contributed by atoms with E-state index in [-0.39, 0.29) is 5.56 Å². The zero-order valence-corrected chi connectivity index (χ0v) is 12.2. The molecule has 2 rings (SSSR count). The minimum atomic E-state index is -4.51. The maximum Gasteiger partial charge on any atom is 0.416 e. The normalized spacial score (nSPS) is 12.7. The van der Waals surface area contributed by atoms with Gasteiger partial charge in [-0.25, -0.2) is 4.98 Å². The highest BCUT2D eigenvalue weighted by molar-refractivity contribution is 8.01. The molecule has 0 amide bonds. The van der Waals surface area contributed by atoms with Gasteiger partial charge in [-0.15, -0.1) is 0 Å². The average molecular weight is 334 g/mol. The van der Waals surface area contributed by atoms with Crippen molar-refractivity contribution in [2.45, 2.75) is 22.3 Å². The van der Waals surface area contributed by atoms with Crippen LogP contribution in [0.1, 0.15) is 17.0 Å². The molecule has 2 aromatic rings. The van der Waals surface area contributed by atoms with Crippen LogP contribution >= 0.6 is 23.3 Å². The summed E-state index contributed by atoms with van der Waals surface area (Å²) in [7, 11) is 0. The molecular weight excluding hydrogens is 325 g/mol. The van der Waals surface area contributed by atoms with Crippen molar-refractivity contribution < 1.29 is 18.4 Å². The fraction of sp³-hybridized carbons (Fsp3) is 0.182. The highest BCUT2D eigenvalue weighted by Crippen LogP contribution is 2.36. The first kappa shape index (κ1) is 15.6. The summed E-state index contributed by atoms with van der Waals surface area (Å²) in [5.41, 5.74) is 4.57. The van der Waals surface area contributed by atoms with Gasteiger partial charge in [-0.2, -0.15) is 17.5 Å². The number of amidine groups is 1. The van der Waals surface area contributed by atoms with Gasteiger partial charge in [0.25, 0.3) is 0 Å². The van der Waals surface area contributed by atoms with Gasteiger partial charge in [-0.3, -0.25) is 0 Å². The van der Waals surface area contributed by atoms with Gasteiger partial charge in [-0.05, 0) is 36.7 Å². The lowest BCUT2D eigenvalue weighted by atomic mass is 10.1. The highest BCUT2D eigenvalue weighted by atomic mass is 32.2. The van der Waals surface area contributed by atoms with E-state index in [0.29, 0.717) is 15.1 Å². The molecule has 0 spiro atoms. The van der Waals surface area contributed by atoms with Crippen LogP contribution in [0, 0.1) is 6.92 Å². The van der Waals surface area contributed by atoms with Crippen molar-refractivity contribution in [3.05, 3.63) is 35.2 Å². The fourth-order valence-corrected chi connectivity index (χ4v) is 3.19. The third kappa shape index (κ3) is 3.64. The molecule has 0 aliphatic heterocycles. The molecule has 0 fully saturated rings. The van der Waals surface area contributed by atoms with E-state index >= 15 is 0 Å². The number of nitrogens with zero attached hydrogens (tertiary/aromatic N) is 3. The van der Waals surface area contributed by atoms with Crippen LogP contribution < -0.4 is 5.73 Å². The first-order chi connectivity index (χ1) is 9.81. The first-order valence-corrected chi connectivity index (χ1v) is 7.07. The summed E-state index contributed by atoms with van der Waals surface area (Å²) in [6.07, 6.45) is -4.51. The van der Waals surface area contributed by atoms with Crippen LogP contribution in [0.3, 0.4) is 0 Å². The Hall–Kier alpha value is -1.81. The molecule has 21 heavy (non-hydrogen) atoms. The molecule has 1 heterocycles. The third-order valence-electron chi connectivity index (χ3n) is 2.40. The van der Waals surface area contributed by atoms with E-state index in [9.17, 15) is 13.2 Å². The molecule has 0 saturated heterocycles. The van der Waals surface area contributed by atoms with Gasteiger partial charge in [-0.1, -0.05) is 16.9 Å². The Kier molecular flexibility index (Phi) is 4.37. The number of aryl methyl sites for hydroxylation is 1. The molecule has 0 unspecified atom stereocenters. The lowest BCUT2D eigenvalue weighted by molar-refractivity contribution is -0.137. The molecular formula is C11H9F3N4OS2. The predicted octanol–water partition coefficient (Wildman–Crippen LogP) is 3.11. The van der Waals surface area contributed by atoms with Crippen LogP contribution in [0.4, 0.5) is 13.2 Å². The third-order valence-corrected chi connectivity index (χ3v) is 4.32. The zero-order chi connectivity index (χ0) is 15.6. The second kappa shape index (κ2) is 5.90. The molecule has 0 bridgehead atoms. The molecule has 112 valence electrons. The van der Waals surface area contributed by atoms with Crippen molar-refractivity contribution in [3.8, 4) is 0 Å². The van der Waals surface area contributed by atoms with Crippen LogP contribution in [0.15, 0.2) is 32.6 Å². The molecule has 0 aliphatic carbocycles. The van der Waals surface area contributed by atoms with E-state index in [0.717, 1.165) is 35.4 Å². The summed E-state index contributed by atoms with van der Waals surface area (Å²) in [4.78, 5) is 4.51. The van der Waals surface area contributed by atoms with Gasteiger partial charge in [0.2, 0.25) is 0 Å². The monoisotopic (exact) mass is 334 g/mol. The second-order valence-corrected chi connectivity index (χ2v) is 5.94. The van der Waals surface area contributed by atoms with E-state index < -0.39 is 17.6 Å². The van der Waals surface area contributed by atoms with Gasteiger partial charge in [0.1, 0.15) is 5.82 Å². The number of aromatic nitrogens is 2. The van der Waals surface area contributed by atoms with Gasteiger partial charge in [0.15, 0.2) is 10.2 Å². The largest absolute Gasteiger partial charge is 0.416 e. The lowest BCUT2D eigenvalue weighted by Gasteiger charge is -2.11. The van der Waals surface area contributed by atoms with Crippen LogP contribution in [-0.4, -0.2) is 20.4 Å². The molecule has 0 atom stereocenters. The number of nitrogens with two attached hydrogens (primary N) is 1. The number of halogens is 3. The molecule has 1 aromatic carbocycles. The Morgan fingerprint density at radius 1 is 1.43 bits per heavy atom. The van der Waals surface area contributed by atoms with Crippen LogP contribution in [-0.2, 0) is 6.18 Å². The Labute approximate surface area is 125 Å². The Morgan fingerprint density at radius 2 is 2.14 bits per heavy atom. The predicted molar refractivity (Wildman–Crippen MR) is 72.7 cm³/mol. The van der Waals surface area contributed by atoms with Crippen LogP contribution in [0.25, 0.3) is 0 Å². The van der Waals surface area contributed by atoms with Gasteiger partial charge < -0.3 is 10.9 Å². The summed E-state index contributed by atoms with van der Waals surface area (Å²) < 4.78 is 42.7. The van der Waals surface area contributed by atoms with Crippen molar-refractivity contribution in [1.29, 1.82) is 0 Å².